The van der Waals surface area contributed by atoms with E-state index in [9.17, 15) is 14.4 Å². The van der Waals surface area contributed by atoms with Gasteiger partial charge in [-0.25, -0.2) is 9.59 Å². The summed E-state index contributed by atoms with van der Waals surface area (Å²) in [7, 11) is 1.27. The molecule has 0 bridgehead atoms. The van der Waals surface area contributed by atoms with Crippen LogP contribution in [0.1, 0.15) is 26.3 Å². The molecule has 0 saturated carbocycles. The minimum atomic E-state index is -0.694. The molecule has 0 spiro atoms. The smallest absolute Gasteiger partial charge is 0.340 e. The highest BCUT2D eigenvalue weighted by Crippen LogP contribution is 2.18. The fourth-order valence-electron chi connectivity index (χ4n) is 2.02. The van der Waals surface area contributed by atoms with Crippen molar-refractivity contribution in [2.75, 3.05) is 19.0 Å². The van der Waals surface area contributed by atoms with E-state index in [0.717, 1.165) is 5.56 Å². The molecule has 2 rings (SSSR count). The molecule has 2 aromatic rings. The van der Waals surface area contributed by atoms with E-state index >= 15 is 0 Å². The maximum absolute atomic E-state index is 12.0. The molecule has 0 unspecified atom stereocenters. The number of carbonyl (C=O) groups is 3. The first-order valence-electron chi connectivity index (χ1n) is 7.33. The summed E-state index contributed by atoms with van der Waals surface area (Å²) in [6.45, 7) is 1.29. The van der Waals surface area contributed by atoms with Gasteiger partial charge in [0.1, 0.15) is 0 Å². The summed E-state index contributed by atoms with van der Waals surface area (Å²) in [5.74, 6) is -1.74. The second-order valence-electron chi connectivity index (χ2n) is 5.13. The highest BCUT2D eigenvalue weighted by molar-refractivity contribution is 6.33. The van der Waals surface area contributed by atoms with E-state index in [0.29, 0.717) is 11.3 Å². The molecule has 0 aliphatic heterocycles. The molecule has 0 fully saturated rings. The SMILES string of the molecule is COC(=O)c1ccc(C)c(NC(=O)COC(=O)c2ccccc2Cl)c1. The molecule has 0 radical (unpaired) electrons. The summed E-state index contributed by atoms with van der Waals surface area (Å²) in [5.41, 5.74) is 1.66. The fourth-order valence-corrected chi connectivity index (χ4v) is 2.24. The highest BCUT2D eigenvalue weighted by atomic mass is 35.5. The van der Waals surface area contributed by atoms with Crippen molar-refractivity contribution in [3.8, 4) is 0 Å². The third-order valence-electron chi connectivity index (χ3n) is 3.36. The normalized spacial score (nSPS) is 10.0. The van der Waals surface area contributed by atoms with Crippen LogP contribution < -0.4 is 5.32 Å². The number of rotatable bonds is 5. The number of hydrogen-bond acceptors (Lipinski definition) is 5. The van der Waals surface area contributed by atoms with Crippen LogP contribution in [-0.4, -0.2) is 31.6 Å². The first-order valence-corrected chi connectivity index (χ1v) is 7.70. The number of esters is 2. The number of carbonyl (C=O) groups excluding carboxylic acids is 3. The highest BCUT2D eigenvalue weighted by Gasteiger charge is 2.14. The molecule has 7 heteroatoms. The number of aryl methyl sites for hydroxylation is 1. The third-order valence-corrected chi connectivity index (χ3v) is 3.69. The zero-order valence-electron chi connectivity index (χ0n) is 13.7. The van der Waals surface area contributed by atoms with Gasteiger partial charge in [-0.3, -0.25) is 4.79 Å². The van der Waals surface area contributed by atoms with Crippen LogP contribution in [0.3, 0.4) is 0 Å². The average Bonchev–Trinajstić information content (AvgIpc) is 2.61. The van der Waals surface area contributed by atoms with E-state index in [1.807, 2.05) is 0 Å². The van der Waals surface area contributed by atoms with Crippen LogP contribution in [0.5, 0.6) is 0 Å². The number of hydrogen-bond donors (Lipinski definition) is 1. The molecule has 2 aromatic carbocycles. The molecule has 0 heterocycles. The van der Waals surface area contributed by atoms with Crippen LogP contribution in [0.15, 0.2) is 42.5 Å². The summed E-state index contributed by atoms with van der Waals surface area (Å²) >= 11 is 5.90. The van der Waals surface area contributed by atoms with Gasteiger partial charge in [0.05, 0.1) is 23.3 Å². The Kier molecular flexibility index (Phi) is 6.14. The summed E-state index contributed by atoms with van der Waals surface area (Å²) in [5, 5.41) is 2.84. The average molecular weight is 362 g/mol. The predicted octanol–water partition coefficient (Wildman–Crippen LogP) is 3.23. The Balaban J connectivity index is 2.00. The molecule has 0 aliphatic rings. The second-order valence-corrected chi connectivity index (χ2v) is 5.53. The van der Waals surface area contributed by atoms with Crippen molar-refractivity contribution in [1.82, 2.24) is 0 Å². The van der Waals surface area contributed by atoms with Crippen molar-refractivity contribution in [3.05, 3.63) is 64.2 Å². The number of anilines is 1. The van der Waals surface area contributed by atoms with Gasteiger partial charge in [0.2, 0.25) is 0 Å². The quantitative estimate of drug-likeness (QED) is 0.827. The maximum Gasteiger partial charge on any atom is 0.340 e. The minimum Gasteiger partial charge on any atom is -0.465 e. The lowest BCUT2D eigenvalue weighted by atomic mass is 10.1. The van der Waals surface area contributed by atoms with Gasteiger partial charge in [0, 0.05) is 5.69 Å². The predicted molar refractivity (Wildman–Crippen MR) is 92.9 cm³/mol. The molecular weight excluding hydrogens is 346 g/mol. The van der Waals surface area contributed by atoms with E-state index in [4.69, 9.17) is 16.3 Å². The van der Waals surface area contributed by atoms with Gasteiger partial charge >= 0.3 is 11.9 Å². The van der Waals surface area contributed by atoms with Crippen LogP contribution in [0, 0.1) is 6.92 Å². The van der Waals surface area contributed by atoms with Crippen LogP contribution in [0.25, 0.3) is 0 Å². The van der Waals surface area contributed by atoms with Crippen molar-refractivity contribution >= 4 is 35.1 Å². The van der Waals surface area contributed by atoms with E-state index in [1.54, 1.807) is 37.3 Å². The lowest BCUT2D eigenvalue weighted by molar-refractivity contribution is -0.119. The fraction of sp³-hybridized carbons (Fsp3) is 0.167. The Hall–Kier alpha value is -2.86. The van der Waals surface area contributed by atoms with Crippen molar-refractivity contribution in [3.63, 3.8) is 0 Å². The number of nitrogens with one attached hydrogen (secondary N) is 1. The van der Waals surface area contributed by atoms with Crippen LogP contribution in [0.4, 0.5) is 5.69 Å². The zero-order chi connectivity index (χ0) is 18.4. The number of halogens is 1. The number of ether oxygens (including phenoxy) is 2. The molecule has 6 nitrogen and oxygen atoms in total. The topological polar surface area (TPSA) is 81.7 Å². The largest absolute Gasteiger partial charge is 0.465 e. The van der Waals surface area contributed by atoms with Crippen molar-refractivity contribution in [2.24, 2.45) is 0 Å². The van der Waals surface area contributed by atoms with E-state index in [-0.39, 0.29) is 10.6 Å². The number of benzene rings is 2. The first kappa shape index (κ1) is 18.5. The monoisotopic (exact) mass is 361 g/mol. The second kappa shape index (κ2) is 8.30. The Morgan fingerprint density at radius 2 is 1.80 bits per heavy atom. The molecule has 130 valence electrons. The summed E-state index contributed by atoms with van der Waals surface area (Å²) in [4.78, 5) is 35.5. The van der Waals surface area contributed by atoms with Gasteiger partial charge < -0.3 is 14.8 Å². The molecule has 0 atom stereocenters. The van der Waals surface area contributed by atoms with Crippen molar-refractivity contribution < 1.29 is 23.9 Å². The molecule has 0 saturated heterocycles. The first-order chi connectivity index (χ1) is 11.9. The van der Waals surface area contributed by atoms with E-state index < -0.39 is 24.5 Å². The van der Waals surface area contributed by atoms with Crippen molar-refractivity contribution in [2.45, 2.75) is 6.92 Å². The van der Waals surface area contributed by atoms with Gasteiger partial charge in [-0.05, 0) is 36.8 Å². The molecular formula is C18H16ClNO5. The van der Waals surface area contributed by atoms with E-state index in [2.05, 4.69) is 10.1 Å². The Morgan fingerprint density at radius 1 is 1.08 bits per heavy atom. The Labute approximate surface area is 149 Å². The van der Waals surface area contributed by atoms with Crippen molar-refractivity contribution in [1.29, 1.82) is 0 Å². The Morgan fingerprint density at radius 3 is 2.48 bits per heavy atom. The molecule has 1 N–H and O–H groups in total. The van der Waals surface area contributed by atoms with Crippen LogP contribution >= 0.6 is 11.6 Å². The number of amides is 1. The lowest BCUT2D eigenvalue weighted by Gasteiger charge is -2.10. The summed E-state index contributed by atoms with van der Waals surface area (Å²) in [6.07, 6.45) is 0. The molecule has 25 heavy (non-hydrogen) atoms. The van der Waals surface area contributed by atoms with Gasteiger partial charge in [0.15, 0.2) is 6.61 Å². The molecule has 1 amide bonds. The number of methoxy groups -OCH3 is 1. The van der Waals surface area contributed by atoms with Gasteiger partial charge in [-0.1, -0.05) is 29.8 Å². The van der Waals surface area contributed by atoms with Gasteiger partial charge in [-0.15, -0.1) is 0 Å². The van der Waals surface area contributed by atoms with Crippen LogP contribution in [-0.2, 0) is 14.3 Å². The third kappa shape index (κ3) is 4.81. The maximum atomic E-state index is 12.0. The summed E-state index contributed by atoms with van der Waals surface area (Å²) < 4.78 is 9.60. The minimum absolute atomic E-state index is 0.181. The molecule has 0 aromatic heterocycles. The Bertz CT molecular complexity index is 819. The standard InChI is InChI=1S/C18H16ClNO5/c1-11-7-8-12(17(22)24-2)9-15(11)20-16(21)10-25-18(23)13-5-3-4-6-14(13)19/h3-9H,10H2,1-2H3,(H,20,21). The summed E-state index contributed by atoms with van der Waals surface area (Å²) in [6, 6.07) is 11.2. The van der Waals surface area contributed by atoms with Gasteiger partial charge in [0.25, 0.3) is 5.91 Å². The van der Waals surface area contributed by atoms with E-state index in [1.165, 1.54) is 19.2 Å². The van der Waals surface area contributed by atoms with Crippen LogP contribution in [0.2, 0.25) is 5.02 Å². The lowest BCUT2D eigenvalue weighted by Crippen LogP contribution is -2.21. The van der Waals surface area contributed by atoms with Gasteiger partial charge in [-0.2, -0.15) is 0 Å². The molecule has 0 aliphatic carbocycles. The zero-order valence-corrected chi connectivity index (χ0v) is 14.4.